The highest BCUT2D eigenvalue weighted by atomic mass is 32.1. The highest BCUT2D eigenvalue weighted by Gasteiger charge is 2.29. The molecule has 0 bridgehead atoms. The van der Waals surface area contributed by atoms with Gasteiger partial charge in [-0.15, -0.1) is 11.3 Å². The van der Waals surface area contributed by atoms with E-state index in [1.54, 1.807) is 16.2 Å². The van der Waals surface area contributed by atoms with Crippen LogP contribution in [0.3, 0.4) is 0 Å². The second-order valence-corrected chi connectivity index (χ2v) is 7.31. The lowest BCUT2D eigenvalue weighted by molar-refractivity contribution is -0.143. The van der Waals surface area contributed by atoms with Crippen molar-refractivity contribution in [1.82, 2.24) is 10.2 Å². The molecular formula is C19H22N2O3S. The van der Waals surface area contributed by atoms with Crippen LogP contribution in [0.5, 0.6) is 0 Å². The number of hydrogen-bond acceptors (Lipinski definition) is 3. The largest absolute Gasteiger partial charge is 0.481 e. The number of carboxylic acid groups (broad SMARTS) is 1. The van der Waals surface area contributed by atoms with Crippen LogP contribution in [0.1, 0.15) is 29.3 Å². The molecule has 1 aliphatic rings. The van der Waals surface area contributed by atoms with Crippen molar-refractivity contribution in [3.8, 4) is 0 Å². The minimum absolute atomic E-state index is 0.111. The third kappa shape index (κ3) is 4.60. The van der Waals surface area contributed by atoms with Crippen LogP contribution in [-0.4, -0.2) is 35.1 Å². The maximum Gasteiger partial charge on any atom is 0.317 e. The number of piperidine rings is 1. The molecule has 2 aromatic rings. The minimum Gasteiger partial charge on any atom is -0.481 e. The van der Waals surface area contributed by atoms with E-state index in [4.69, 9.17) is 0 Å². The van der Waals surface area contributed by atoms with Gasteiger partial charge in [-0.05, 0) is 36.3 Å². The smallest absolute Gasteiger partial charge is 0.317 e. The quantitative estimate of drug-likeness (QED) is 0.859. The van der Waals surface area contributed by atoms with Crippen molar-refractivity contribution in [2.24, 2.45) is 5.92 Å². The molecule has 1 aromatic carbocycles. The summed E-state index contributed by atoms with van der Waals surface area (Å²) in [6.07, 6.45) is 2.08. The van der Waals surface area contributed by atoms with Crippen molar-refractivity contribution in [2.45, 2.75) is 25.3 Å². The lowest BCUT2D eigenvalue weighted by atomic mass is 9.98. The topological polar surface area (TPSA) is 69.6 Å². The average Bonchev–Trinajstić information content (AvgIpc) is 3.17. The number of amides is 2. The number of carboxylic acids is 1. The number of thiophene rings is 1. The number of carbonyl (C=O) groups is 2. The molecule has 1 saturated heterocycles. The van der Waals surface area contributed by atoms with E-state index in [1.165, 1.54) is 0 Å². The Hall–Kier alpha value is -2.34. The fourth-order valence-electron chi connectivity index (χ4n) is 3.17. The number of aliphatic carboxylic acids is 1. The summed E-state index contributed by atoms with van der Waals surface area (Å²) < 4.78 is 0. The van der Waals surface area contributed by atoms with Crippen LogP contribution < -0.4 is 5.32 Å². The fraction of sp³-hybridized carbons (Fsp3) is 0.368. The van der Waals surface area contributed by atoms with Gasteiger partial charge in [-0.1, -0.05) is 36.4 Å². The summed E-state index contributed by atoms with van der Waals surface area (Å²) in [6.45, 7) is 0.891. The van der Waals surface area contributed by atoms with Gasteiger partial charge < -0.3 is 15.3 Å². The van der Waals surface area contributed by atoms with Crippen LogP contribution in [0.25, 0.3) is 0 Å². The summed E-state index contributed by atoms with van der Waals surface area (Å²) in [5.74, 6) is -1.29. The Morgan fingerprint density at radius 2 is 2.04 bits per heavy atom. The van der Waals surface area contributed by atoms with Crippen LogP contribution in [-0.2, 0) is 11.2 Å². The van der Waals surface area contributed by atoms with Gasteiger partial charge in [-0.25, -0.2) is 4.79 Å². The zero-order valence-electron chi connectivity index (χ0n) is 13.9. The van der Waals surface area contributed by atoms with Gasteiger partial charge in [-0.2, -0.15) is 0 Å². The van der Waals surface area contributed by atoms with Gasteiger partial charge in [0.05, 0.1) is 12.0 Å². The standard InChI is InChI=1S/C19H22N2O3S/c22-18(23)15-8-4-10-21(13-15)19(24)20-16(17-9-5-11-25-17)12-14-6-2-1-3-7-14/h1-3,5-7,9,11,15-16H,4,8,10,12-13H2,(H,20,24)(H,22,23). The molecule has 1 fully saturated rings. The normalized spacial score (nSPS) is 18.6. The molecule has 3 rings (SSSR count). The molecule has 132 valence electrons. The summed E-state index contributed by atoms with van der Waals surface area (Å²) in [6, 6.07) is 13.8. The second kappa shape index (κ2) is 8.16. The van der Waals surface area contributed by atoms with Crippen LogP contribution in [0.4, 0.5) is 4.79 Å². The first kappa shape index (κ1) is 17.5. The van der Waals surface area contributed by atoms with E-state index in [2.05, 4.69) is 5.32 Å². The number of benzene rings is 1. The highest BCUT2D eigenvalue weighted by Crippen LogP contribution is 2.24. The number of nitrogens with zero attached hydrogens (tertiary/aromatic N) is 1. The summed E-state index contributed by atoms with van der Waals surface area (Å²) in [4.78, 5) is 26.6. The van der Waals surface area contributed by atoms with E-state index in [0.717, 1.165) is 16.9 Å². The summed E-state index contributed by atoms with van der Waals surface area (Å²) >= 11 is 1.62. The Bertz CT molecular complexity index is 703. The third-order valence-electron chi connectivity index (χ3n) is 4.52. The lowest BCUT2D eigenvalue weighted by Gasteiger charge is -2.32. The maximum atomic E-state index is 12.7. The van der Waals surface area contributed by atoms with E-state index in [1.807, 2.05) is 47.8 Å². The van der Waals surface area contributed by atoms with Crippen molar-refractivity contribution in [3.05, 3.63) is 58.3 Å². The fourth-order valence-corrected chi connectivity index (χ4v) is 3.94. The van der Waals surface area contributed by atoms with E-state index < -0.39 is 11.9 Å². The van der Waals surface area contributed by atoms with Gasteiger partial charge in [0.2, 0.25) is 0 Å². The Kier molecular flexibility index (Phi) is 5.71. The maximum absolute atomic E-state index is 12.7. The molecule has 0 aliphatic carbocycles. The van der Waals surface area contributed by atoms with Gasteiger partial charge in [0.1, 0.15) is 0 Å². The molecular weight excluding hydrogens is 336 g/mol. The van der Waals surface area contributed by atoms with Gasteiger partial charge in [0.25, 0.3) is 0 Å². The molecule has 2 amide bonds. The average molecular weight is 358 g/mol. The molecule has 2 atom stereocenters. The third-order valence-corrected chi connectivity index (χ3v) is 5.51. The van der Waals surface area contributed by atoms with Gasteiger partial charge >= 0.3 is 12.0 Å². The highest BCUT2D eigenvalue weighted by molar-refractivity contribution is 7.10. The van der Waals surface area contributed by atoms with Crippen LogP contribution in [0.2, 0.25) is 0 Å². The Morgan fingerprint density at radius 3 is 2.72 bits per heavy atom. The molecule has 6 heteroatoms. The van der Waals surface area contributed by atoms with Crippen molar-refractivity contribution in [2.75, 3.05) is 13.1 Å². The van der Waals surface area contributed by atoms with E-state index in [0.29, 0.717) is 19.4 Å². The van der Waals surface area contributed by atoms with Crippen molar-refractivity contribution in [1.29, 1.82) is 0 Å². The van der Waals surface area contributed by atoms with Crippen molar-refractivity contribution >= 4 is 23.3 Å². The minimum atomic E-state index is -0.823. The molecule has 5 nitrogen and oxygen atoms in total. The van der Waals surface area contributed by atoms with E-state index in [-0.39, 0.29) is 18.6 Å². The molecule has 0 saturated carbocycles. The van der Waals surface area contributed by atoms with E-state index in [9.17, 15) is 14.7 Å². The SMILES string of the molecule is O=C(O)C1CCCN(C(=O)NC(Cc2ccccc2)c2cccs2)C1. The van der Waals surface area contributed by atoms with E-state index >= 15 is 0 Å². The number of rotatable bonds is 5. The first-order chi connectivity index (χ1) is 12.1. The summed E-state index contributed by atoms with van der Waals surface area (Å²) in [5, 5.41) is 14.3. The number of carbonyl (C=O) groups excluding carboxylic acids is 1. The first-order valence-electron chi connectivity index (χ1n) is 8.49. The van der Waals surface area contributed by atoms with Crippen LogP contribution in [0, 0.1) is 5.92 Å². The Labute approximate surface area is 151 Å². The summed E-state index contributed by atoms with van der Waals surface area (Å²) in [7, 11) is 0. The number of likely N-dealkylation sites (tertiary alicyclic amines) is 1. The number of urea groups is 1. The molecule has 2 unspecified atom stereocenters. The second-order valence-electron chi connectivity index (χ2n) is 6.33. The van der Waals surface area contributed by atoms with Gasteiger partial charge in [-0.3, -0.25) is 4.79 Å². The Morgan fingerprint density at radius 1 is 1.24 bits per heavy atom. The van der Waals surface area contributed by atoms with Crippen molar-refractivity contribution < 1.29 is 14.7 Å². The number of nitrogens with one attached hydrogen (secondary N) is 1. The predicted molar refractivity (Wildman–Crippen MR) is 97.7 cm³/mol. The zero-order valence-corrected chi connectivity index (χ0v) is 14.7. The van der Waals surface area contributed by atoms with Crippen LogP contribution >= 0.6 is 11.3 Å². The predicted octanol–water partition coefficient (Wildman–Crippen LogP) is 3.54. The molecule has 1 aromatic heterocycles. The monoisotopic (exact) mass is 358 g/mol. The van der Waals surface area contributed by atoms with Gasteiger partial charge in [0, 0.05) is 18.0 Å². The summed E-state index contributed by atoms with van der Waals surface area (Å²) in [5.41, 5.74) is 1.16. The molecule has 1 aliphatic heterocycles. The zero-order chi connectivity index (χ0) is 17.6. The molecule has 2 N–H and O–H groups in total. The number of hydrogen-bond donors (Lipinski definition) is 2. The van der Waals surface area contributed by atoms with Crippen LogP contribution in [0.15, 0.2) is 47.8 Å². The first-order valence-corrected chi connectivity index (χ1v) is 9.37. The Balaban J connectivity index is 1.69. The molecule has 0 spiro atoms. The molecule has 25 heavy (non-hydrogen) atoms. The molecule has 0 radical (unpaired) electrons. The van der Waals surface area contributed by atoms with Gasteiger partial charge in [0.15, 0.2) is 0 Å². The molecule has 2 heterocycles. The lowest BCUT2D eigenvalue weighted by Crippen LogP contribution is -2.48. The van der Waals surface area contributed by atoms with Crippen molar-refractivity contribution in [3.63, 3.8) is 0 Å².